The summed E-state index contributed by atoms with van der Waals surface area (Å²) in [6.07, 6.45) is 3.81. The molecule has 0 amide bonds. The molecule has 0 N–H and O–H groups in total. The summed E-state index contributed by atoms with van der Waals surface area (Å²) >= 11 is 0. The van der Waals surface area contributed by atoms with Gasteiger partial charge in [0.25, 0.3) is 10.0 Å². The zero-order valence-electron chi connectivity index (χ0n) is 20.9. The van der Waals surface area contributed by atoms with Crippen molar-refractivity contribution < 1.29 is 27.5 Å². The van der Waals surface area contributed by atoms with Crippen molar-refractivity contribution >= 4 is 27.5 Å². The van der Waals surface area contributed by atoms with Crippen molar-refractivity contribution in [3.8, 4) is 5.75 Å². The van der Waals surface area contributed by atoms with Gasteiger partial charge in [-0.3, -0.25) is 13.8 Å². The first-order valence-corrected chi connectivity index (χ1v) is 13.4. The minimum absolute atomic E-state index is 0.00480. The summed E-state index contributed by atoms with van der Waals surface area (Å²) in [5.41, 5.74) is 0.806. The van der Waals surface area contributed by atoms with Gasteiger partial charge in [0.2, 0.25) is 0 Å². The van der Waals surface area contributed by atoms with E-state index < -0.39 is 27.7 Å². The number of sulfonamides is 1. The number of hydrogen-bond donors (Lipinski definition) is 0. The number of carbonyl (C=O) groups is 2. The average molecular weight is 504 g/mol. The Labute approximate surface area is 206 Å². The van der Waals surface area contributed by atoms with Gasteiger partial charge in [-0.25, -0.2) is 8.42 Å². The van der Waals surface area contributed by atoms with Crippen molar-refractivity contribution in [1.82, 2.24) is 9.78 Å². The minimum atomic E-state index is -3.97. The van der Waals surface area contributed by atoms with Gasteiger partial charge < -0.3 is 14.3 Å². The number of fused-ring (bicyclic) bond motifs is 1. The normalized spacial score (nSPS) is 18.1. The zero-order valence-corrected chi connectivity index (χ0v) is 21.7. The van der Waals surface area contributed by atoms with E-state index >= 15 is 0 Å². The molecule has 35 heavy (non-hydrogen) atoms. The predicted molar refractivity (Wildman–Crippen MR) is 130 cm³/mol. The third-order valence-corrected chi connectivity index (χ3v) is 7.79. The molecule has 1 aliphatic carbocycles. The van der Waals surface area contributed by atoms with Gasteiger partial charge >= 0.3 is 5.97 Å². The standard InChI is InChI=1S/C25H33N3O6S/c1-16(29)6-10-20-14-28(35(31,32)23-15-27(19-8-9-19)26-17(23)2)21-12-18(7-11-22(21)33-20)13-24(30)34-25(3,4)5/h7,11-12,15,19-20H,6,8-10,13-14H2,1-5H3/t20-/m0/s1. The van der Waals surface area contributed by atoms with E-state index in [2.05, 4.69) is 5.10 Å². The summed E-state index contributed by atoms with van der Waals surface area (Å²) < 4.78 is 42.3. The highest BCUT2D eigenvalue weighted by Crippen LogP contribution is 2.40. The summed E-state index contributed by atoms with van der Waals surface area (Å²) in [4.78, 5) is 24.1. The van der Waals surface area contributed by atoms with Gasteiger partial charge in [0.1, 0.15) is 28.1 Å². The molecule has 4 rings (SSSR count). The van der Waals surface area contributed by atoms with Gasteiger partial charge in [-0.1, -0.05) is 6.07 Å². The van der Waals surface area contributed by atoms with Crippen molar-refractivity contribution in [3.05, 3.63) is 35.7 Å². The van der Waals surface area contributed by atoms with E-state index in [9.17, 15) is 18.0 Å². The lowest BCUT2D eigenvalue weighted by Crippen LogP contribution is -2.43. The van der Waals surface area contributed by atoms with Gasteiger partial charge in [0.05, 0.1) is 30.4 Å². The first kappa shape index (κ1) is 25.2. The van der Waals surface area contributed by atoms with E-state index in [0.29, 0.717) is 35.5 Å². The van der Waals surface area contributed by atoms with Crippen LogP contribution in [0.25, 0.3) is 0 Å². The number of aryl methyl sites for hydroxylation is 1. The van der Waals surface area contributed by atoms with Crippen LogP contribution in [0.15, 0.2) is 29.3 Å². The molecule has 1 fully saturated rings. The molecule has 10 heteroatoms. The lowest BCUT2D eigenvalue weighted by molar-refractivity contribution is -0.153. The van der Waals surface area contributed by atoms with Crippen molar-refractivity contribution in [2.24, 2.45) is 0 Å². The van der Waals surface area contributed by atoms with Crippen LogP contribution in [0.5, 0.6) is 5.75 Å². The first-order valence-electron chi connectivity index (χ1n) is 11.9. The Hall–Kier alpha value is -2.88. The second-order valence-corrected chi connectivity index (χ2v) is 12.2. The Kier molecular flexibility index (Phi) is 6.70. The van der Waals surface area contributed by atoms with Crippen LogP contribution in [0.3, 0.4) is 0 Å². The Bertz CT molecular complexity index is 1240. The van der Waals surface area contributed by atoms with Crippen LogP contribution < -0.4 is 9.04 Å². The molecule has 1 aromatic carbocycles. The maximum atomic E-state index is 13.9. The second kappa shape index (κ2) is 9.29. The molecule has 2 heterocycles. The van der Waals surface area contributed by atoms with Gasteiger partial charge in [-0.2, -0.15) is 5.10 Å². The third-order valence-electron chi connectivity index (χ3n) is 5.90. The molecular formula is C25H33N3O6S. The number of rotatable bonds is 8. The molecule has 0 bridgehead atoms. The van der Waals surface area contributed by atoms with E-state index in [-0.39, 0.29) is 29.7 Å². The van der Waals surface area contributed by atoms with E-state index in [4.69, 9.17) is 9.47 Å². The van der Waals surface area contributed by atoms with E-state index in [1.54, 1.807) is 56.8 Å². The quantitative estimate of drug-likeness (QED) is 0.505. The van der Waals surface area contributed by atoms with Crippen LogP contribution in [0, 0.1) is 6.92 Å². The lowest BCUT2D eigenvalue weighted by Gasteiger charge is -2.35. The highest BCUT2D eigenvalue weighted by atomic mass is 32.2. The number of esters is 1. The van der Waals surface area contributed by atoms with Crippen molar-refractivity contribution in [2.45, 2.75) is 89.4 Å². The van der Waals surface area contributed by atoms with E-state index in [0.717, 1.165) is 12.8 Å². The molecule has 1 aromatic heterocycles. The van der Waals surface area contributed by atoms with Crippen LogP contribution in [-0.2, 0) is 30.8 Å². The maximum Gasteiger partial charge on any atom is 0.310 e. The third kappa shape index (κ3) is 5.86. The molecule has 0 saturated heterocycles. The Morgan fingerprint density at radius 2 is 1.94 bits per heavy atom. The molecule has 1 aliphatic heterocycles. The Morgan fingerprint density at radius 3 is 2.57 bits per heavy atom. The fourth-order valence-corrected chi connectivity index (χ4v) is 5.77. The number of nitrogens with zero attached hydrogens (tertiary/aromatic N) is 3. The van der Waals surface area contributed by atoms with Gasteiger partial charge in [0.15, 0.2) is 0 Å². The minimum Gasteiger partial charge on any atom is -0.486 e. The number of ketones is 1. The number of Topliss-reactive ketones (excluding diaryl/α,β-unsaturated/α-hetero) is 1. The van der Waals surface area contributed by atoms with Crippen LogP contribution in [0.1, 0.15) is 70.7 Å². The van der Waals surface area contributed by atoms with Crippen molar-refractivity contribution in [2.75, 3.05) is 10.8 Å². The number of aromatic nitrogens is 2. The lowest BCUT2D eigenvalue weighted by atomic mass is 10.1. The number of ether oxygens (including phenoxy) is 2. The van der Waals surface area contributed by atoms with Crippen LogP contribution >= 0.6 is 0 Å². The fraction of sp³-hybridized carbons (Fsp3) is 0.560. The maximum absolute atomic E-state index is 13.9. The topological polar surface area (TPSA) is 108 Å². The number of carbonyl (C=O) groups excluding carboxylic acids is 2. The molecule has 2 aromatic rings. The summed E-state index contributed by atoms with van der Waals surface area (Å²) in [6, 6.07) is 5.33. The second-order valence-electron chi connectivity index (χ2n) is 10.4. The number of hydrogen-bond acceptors (Lipinski definition) is 7. The van der Waals surface area contributed by atoms with Gasteiger partial charge in [-0.05, 0) is 71.6 Å². The number of benzene rings is 1. The largest absolute Gasteiger partial charge is 0.486 e. The molecule has 9 nitrogen and oxygen atoms in total. The fourth-order valence-electron chi connectivity index (χ4n) is 4.12. The predicted octanol–water partition coefficient (Wildman–Crippen LogP) is 3.74. The Morgan fingerprint density at radius 1 is 1.23 bits per heavy atom. The molecule has 2 aliphatic rings. The monoisotopic (exact) mass is 503 g/mol. The van der Waals surface area contributed by atoms with Crippen LogP contribution in [0.2, 0.25) is 0 Å². The molecule has 0 spiro atoms. The highest BCUT2D eigenvalue weighted by molar-refractivity contribution is 7.92. The summed E-state index contributed by atoms with van der Waals surface area (Å²) in [6.45, 7) is 8.65. The van der Waals surface area contributed by atoms with Gasteiger partial charge in [-0.15, -0.1) is 0 Å². The smallest absolute Gasteiger partial charge is 0.310 e. The molecule has 0 unspecified atom stereocenters. The number of anilines is 1. The van der Waals surface area contributed by atoms with Crippen LogP contribution in [0.4, 0.5) is 5.69 Å². The van der Waals surface area contributed by atoms with Crippen molar-refractivity contribution in [1.29, 1.82) is 0 Å². The zero-order chi connectivity index (χ0) is 25.5. The summed E-state index contributed by atoms with van der Waals surface area (Å²) in [7, 11) is -3.97. The van der Waals surface area contributed by atoms with Crippen LogP contribution in [-0.4, -0.2) is 48.2 Å². The molecule has 190 valence electrons. The van der Waals surface area contributed by atoms with Gasteiger partial charge in [0, 0.05) is 12.6 Å². The molecule has 0 radical (unpaired) electrons. The molecule has 1 atom stereocenters. The van der Waals surface area contributed by atoms with Crippen molar-refractivity contribution in [3.63, 3.8) is 0 Å². The van der Waals surface area contributed by atoms with E-state index in [1.165, 1.54) is 11.2 Å². The Balaban J connectivity index is 1.69. The molecular weight excluding hydrogens is 470 g/mol. The average Bonchev–Trinajstić information content (AvgIpc) is 3.51. The molecule has 1 saturated carbocycles. The summed E-state index contributed by atoms with van der Waals surface area (Å²) in [5.74, 6) is 0.0149. The first-order chi connectivity index (χ1) is 16.3. The SMILES string of the molecule is CC(=O)CC[C@H]1CN(S(=O)(=O)c2cn(C3CC3)nc2C)c2cc(CC(=O)OC(C)(C)C)ccc2O1. The van der Waals surface area contributed by atoms with E-state index in [1.807, 2.05) is 0 Å². The summed E-state index contributed by atoms with van der Waals surface area (Å²) in [5, 5.41) is 4.43. The highest BCUT2D eigenvalue weighted by Gasteiger charge is 2.37.